The minimum Gasteiger partial charge on any atom is -0.384 e. The number of benzene rings is 1. The molecule has 1 unspecified atom stereocenters. The van der Waals surface area contributed by atoms with Crippen LogP contribution in [0.5, 0.6) is 0 Å². The zero-order valence-electron chi connectivity index (χ0n) is 9.64. The van der Waals surface area contributed by atoms with Gasteiger partial charge in [0, 0.05) is 24.7 Å². The van der Waals surface area contributed by atoms with E-state index in [1.165, 1.54) is 29.7 Å². The van der Waals surface area contributed by atoms with Crippen molar-refractivity contribution in [3.05, 3.63) is 29.3 Å². The van der Waals surface area contributed by atoms with Gasteiger partial charge < -0.3 is 10.6 Å². The van der Waals surface area contributed by atoms with Gasteiger partial charge in [-0.25, -0.2) is 0 Å². The van der Waals surface area contributed by atoms with E-state index < -0.39 is 0 Å². The summed E-state index contributed by atoms with van der Waals surface area (Å²) in [6.45, 7) is 4.34. The van der Waals surface area contributed by atoms with E-state index in [0.717, 1.165) is 19.0 Å². The Morgan fingerprint density at radius 3 is 3.07 bits per heavy atom. The minimum absolute atomic E-state index is 0.724. The van der Waals surface area contributed by atoms with Gasteiger partial charge in [-0.15, -0.1) is 0 Å². The zero-order chi connectivity index (χ0) is 10.7. The largest absolute Gasteiger partial charge is 0.384 e. The van der Waals surface area contributed by atoms with Gasteiger partial charge in [-0.05, 0) is 30.7 Å². The van der Waals surface area contributed by atoms with Crippen LogP contribution in [-0.4, -0.2) is 13.6 Å². The molecule has 1 aromatic carbocycles. The van der Waals surface area contributed by atoms with Crippen LogP contribution in [0.1, 0.15) is 36.8 Å². The van der Waals surface area contributed by atoms with Crippen molar-refractivity contribution < 1.29 is 0 Å². The predicted octanol–water partition coefficient (Wildman–Crippen LogP) is 2.72. The molecule has 0 amide bonds. The highest BCUT2D eigenvalue weighted by atomic mass is 14.9. The number of hydrogen-bond donors (Lipinski definition) is 2. The van der Waals surface area contributed by atoms with Gasteiger partial charge in [-0.1, -0.05) is 25.5 Å². The van der Waals surface area contributed by atoms with Crippen molar-refractivity contribution in [3.63, 3.8) is 0 Å². The van der Waals surface area contributed by atoms with Crippen molar-refractivity contribution >= 4 is 5.69 Å². The Balaban J connectivity index is 2.21. The summed E-state index contributed by atoms with van der Waals surface area (Å²) in [4.78, 5) is 0. The molecule has 0 bridgehead atoms. The van der Waals surface area contributed by atoms with E-state index in [2.05, 4.69) is 35.8 Å². The lowest BCUT2D eigenvalue weighted by Gasteiger charge is -2.09. The fourth-order valence-electron chi connectivity index (χ4n) is 2.37. The molecule has 2 N–H and O–H groups in total. The van der Waals surface area contributed by atoms with Gasteiger partial charge in [0.2, 0.25) is 0 Å². The van der Waals surface area contributed by atoms with Gasteiger partial charge >= 0.3 is 0 Å². The van der Waals surface area contributed by atoms with E-state index in [-0.39, 0.29) is 0 Å². The monoisotopic (exact) mass is 204 g/mol. The summed E-state index contributed by atoms with van der Waals surface area (Å²) in [6, 6.07) is 6.78. The molecule has 0 fully saturated rings. The van der Waals surface area contributed by atoms with Crippen LogP contribution in [-0.2, 0) is 6.54 Å². The standard InChI is InChI=1S/C13H20N2/c1-3-4-11-9-15-13-6-5-10(8-14-2)7-12(11)13/h5-7,11,14-15H,3-4,8-9H2,1-2H3. The van der Waals surface area contributed by atoms with Crippen molar-refractivity contribution in [2.24, 2.45) is 0 Å². The third-order valence-corrected chi connectivity index (χ3v) is 3.11. The first kappa shape index (κ1) is 10.5. The molecule has 0 saturated heterocycles. The molecule has 0 saturated carbocycles. The second-order valence-corrected chi connectivity index (χ2v) is 4.32. The van der Waals surface area contributed by atoms with Crippen LogP contribution in [0.25, 0.3) is 0 Å². The van der Waals surface area contributed by atoms with Crippen LogP contribution < -0.4 is 10.6 Å². The second-order valence-electron chi connectivity index (χ2n) is 4.32. The Morgan fingerprint density at radius 2 is 2.33 bits per heavy atom. The van der Waals surface area contributed by atoms with Crippen LogP contribution >= 0.6 is 0 Å². The minimum atomic E-state index is 0.724. The molecule has 0 aromatic heterocycles. The van der Waals surface area contributed by atoms with Gasteiger partial charge in [-0.3, -0.25) is 0 Å². The van der Waals surface area contributed by atoms with Crippen LogP contribution in [0.4, 0.5) is 5.69 Å². The van der Waals surface area contributed by atoms with Gasteiger partial charge in [0.15, 0.2) is 0 Å². The average Bonchev–Trinajstić information content (AvgIpc) is 2.63. The predicted molar refractivity (Wildman–Crippen MR) is 65.3 cm³/mol. The average molecular weight is 204 g/mol. The molecule has 1 aromatic rings. The summed E-state index contributed by atoms with van der Waals surface area (Å²) in [6.07, 6.45) is 2.56. The van der Waals surface area contributed by atoms with Gasteiger partial charge in [-0.2, -0.15) is 0 Å². The van der Waals surface area contributed by atoms with E-state index >= 15 is 0 Å². The van der Waals surface area contributed by atoms with Crippen molar-refractivity contribution in [1.29, 1.82) is 0 Å². The number of fused-ring (bicyclic) bond motifs is 1. The fraction of sp³-hybridized carbons (Fsp3) is 0.538. The lowest BCUT2D eigenvalue weighted by atomic mass is 9.95. The maximum Gasteiger partial charge on any atom is 0.0376 e. The molecule has 15 heavy (non-hydrogen) atoms. The Labute approximate surface area is 92.1 Å². The molecule has 1 aliphatic heterocycles. The van der Waals surface area contributed by atoms with Crippen LogP contribution in [0, 0.1) is 0 Å². The van der Waals surface area contributed by atoms with Gasteiger partial charge in [0.1, 0.15) is 0 Å². The van der Waals surface area contributed by atoms with Crippen LogP contribution in [0.3, 0.4) is 0 Å². The summed E-state index contributed by atoms with van der Waals surface area (Å²) in [5.41, 5.74) is 4.25. The van der Waals surface area contributed by atoms with E-state index in [4.69, 9.17) is 0 Å². The van der Waals surface area contributed by atoms with Gasteiger partial charge in [0.05, 0.1) is 0 Å². The molecule has 82 valence electrons. The molecule has 0 spiro atoms. The number of hydrogen-bond acceptors (Lipinski definition) is 2. The van der Waals surface area contributed by atoms with Crippen molar-refractivity contribution in [3.8, 4) is 0 Å². The maximum atomic E-state index is 3.48. The smallest absolute Gasteiger partial charge is 0.0376 e. The van der Waals surface area contributed by atoms with Crippen molar-refractivity contribution in [2.75, 3.05) is 18.9 Å². The Hall–Kier alpha value is -1.02. The Bertz CT molecular complexity index is 331. The molecule has 1 heterocycles. The number of nitrogens with one attached hydrogen (secondary N) is 2. The second kappa shape index (κ2) is 4.67. The zero-order valence-corrected chi connectivity index (χ0v) is 9.64. The Kier molecular flexibility index (Phi) is 3.27. The summed E-state index contributed by atoms with van der Waals surface area (Å²) < 4.78 is 0. The van der Waals surface area contributed by atoms with E-state index in [1.807, 2.05) is 7.05 Å². The third-order valence-electron chi connectivity index (χ3n) is 3.11. The first-order chi connectivity index (χ1) is 7.35. The lowest BCUT2D eigenvalue weighted by Crippen LogP contribution is -2.05. The summed E-state index contributed by atoms with van der Waals surface area (Å²) in [5.74, 6) is 0.724. The first-order valence-corrected chi connectivity index (χ1v) is 5.86. The quantitative estimate of drug-likeness (QED) is 0.788. The van der Waals surface area contributed by atoms with Crippen LogP contribution in [0.2, 0.25) is 0 Å². The molecule has 2 heteroatoms. The van der Waals surface area contributed by atoms with Gasteiger partial charge in [0.25, 0.3) is 0 Å². The maximum absolute atomic E-state index is 3.48. The topological polar surface area (TPSA) is 24.1 Å². The fourth-order valence-corrected chi connectivity index (χ4v) is 2.37. The van der Waals surface area contributed by atoms with E-state index in [1.54, 1.807) is 0 Å². The first-order valence-electron chi connectivity index (χ1n) is 5.86. The third kappa shape index (κ3) is 2.15. The lowest BCUT2D eigenvalue weighted by molar-refractivity contribution is 0.660. The Morgan fingerprint density at radius 1 is 1.47 bits per heavy atom. The SMILES string of the molecule is CCCC1CNc2ccc(CNC)cc21. The summed E-state index contributed by atoms with van der Waals surface area (Å²) in [5, 5.41) is 6.69. The molecule has 0 radical (unpaired) electrons. The highest BCUT2D eigenvalue weighted by Gasteiger charge is 2.21. The number of anilines is 1. The van der Waals surface area contributed by atoms with Crippen LogP contribution in [0.15, 0.2) is 18.2 Å². The summed E-state index contributed by atoms with van der Waals surface area (Å²) in [7, 11) is 2.00. The van der Waals surface area contributed by atoms with E-state index in [9.17, 15) is 0 Å². The summed E-state index contributed by atoms with van der Waals surface area (Å²) >= 11 is 0. The molecule has 0 aliphatic carbocycles. The molecule has 1 atom stereocenters. The number of rotatable bonds is 4. The highest BCUT2D eigenvalue weighted by molar-refractivity contribution is 5.58. The van der Waals surface area contributed by atoms with Crippen molar-refractivity contribution in [2.45, 2.75) is 32.2 Å². The van der Waals surface area contributed by atoms with E-state index in [0.29, 0.717) is 0 Å². The highest BCUT2D eigenvalue weighted by Crippen LogP contribution is 2.34. The normalized spacial score (nSPS) is 18.7. The molecule has 2 rings (SSSR count). The molecule has 1 aliphatic rings. The van der Waals surface area contributed by atoms with Crippen molar-refractivity contribution in [1.82, 2.24) is 5.32 Å². The molecular weight excluding hydrogens is 184 g/mol. The molecular formula is C13H20N2. The molecule has 2 nitrogen and oxygen atoms in total.